The molecule has 7 heteroatoms. The highest BCUT2D eigenvalue weighted by Crippen LogP contribution is 2.32. The standard InChI is InChI=1S/C14H21Cl2N3O2/c1-2-19(5-3-7-20)6-4-13(21)18-14-11(15)8-10(17)9-12(14)16/h8-9,20H,2-7,17H2,1H3,(H,18,21). The van der Waals surface area contributed by atoms with Gasteiger partial charge in [0.05, 0.1) is 15.7 Å². The quantitative estimate of drug-likeness (QED) is 0.639. The normalized spacial score (nSPS) is 10.9. The first-order valence-corrected chi connectivity index (χ1v) is 7.61. The van der Waals surface area contributed by atoms with E-state index < -0.39 is 0 Å². The molecule has 0 atom stereocenters. The first-order chi connectivity index (χ1) is 9.97. The van der Waals surface area contributed by atoms with E-state index in [-0.39, 0.29) is 12.5 Å². The first kappa shape index (κ1) is 18.0. The van der Waals surface area contributed by atoms with Crippen LogP contribution in [0.15, 0.2) is 12.1 Å². The van der Waals surface area contributed by atoms with Gasteiger partial charge in [0.2, 0.25) is 5.91 Å². The molecule has 4 N–H and O–H groups in total. The van der Waals surface area contributed by atoms with Crippen molar-refractivity contribution in [2.75, 3.05) is 37.3 Å². The molecule has 1 rings (SSSR count). The van der Waals surface area contributed by atoms with Gasteiger partial charge in [-0.05, 0) is 25.1 Å². The zero-order valence-electron chi connectivity index (χ0n) is 12.0. The summed E-state index contributed by atoms with van der Waals surface area (Å²) >= 11 is 12.0. The van der Waals surface area contributed by atoms with Crippen LogP contribution in [0.5, 0.6) is 0 Å². The maximum Gasteiger partial charge on any atom is 0.225 e. The van der Waals surface area contributed by atoms with E-state index in [9.17, 15) is 4.79 Å². The van der Waals surface area contributed by atoms with Gasteiger partial charge in [-0.15, -0.1) is 0 Å². The highest BCUT2D eigenvalue weighted by Gasteiger charge is 2.12. The maximum atomic E-state index is 12.0. The topological polar surface area (TPSA) is 78.6 Å². The van der Waals surface area contributed by atoms with Crippen LogP contribution in [0, 0.1) is 0 Å². The summed E-state index contributed by atoms with van der Waals surface area (Å²) in [4.78, 5) is 14.1. The average molecular weight is 334 g/mol. The van der Waals surface area contributed by atoms with Crippen molar-refractivity contribution in [3.8, 4) is 0 Å². The van der Waals surface area contributed by atoms with Gasteiger partial charge in [-0.25, -0.2) is 0 Å². The zero-order chi connectivity index (χ0) is 15.8. The van der Waals surface area contributed by atoms with Gasteiger partial charge >= 0.3 is 0 Å². The minimum Gasteiger partial charge on any atom is -0.399 e. The summed E-state index contributed by atoms with van der Waals surface area (Å²) in [6.45, 7) is 4.38. The van der Waals surface area contributed by atoms with Gasteiger partial charge in [0, 0.05) is 31.8 Å². The monoisotopic (exact) mass is 333 g/mol. The van der Waals surface area contributed by atoms with Crippen LogP contribution in [0.3, 0.4) is 0 Å². The molecule has 0 saturated heterocycles. The Balaban J connectivity index is 2.54. The second kappa shape index (κ2) is 9.10. The highest BCUT2D eigenvalue weighted by molar-refractivity contribution is 6.40. The smallest absolute Gasteiger partial charge is 0.225 e. The molecule has 0 fully saturated rings. The van der Waals surface area contributed by atoms with Gasteiger partial charge < -0.3 is 21.1 Å². The van der Waals surface area contributed by atoms with Gasteiger partial charge in [0.15, 0.2) is 0 Å². The SMILES string of the molecule is CCN(CCCO)CCC(=O)Nc1c(Cl)cc(N)cc1Cl. The molecule has 1 amide bonds. The number of hydrogen-bond acceptors (Lipinski definition) is 4. The number of nitrogen functional groups attached to an aromatic ring is 1. The van der Waals surface area contributed by atoms with Crippen LogP contribution in [0.2, 0.25) is 10.0 Å². The van der Waals surface area contributed by atoms with Crippen molar-refractivity contribution in [3.63, 3.8) is 0 Å². The second-order valence-corrected chi connectivity index (χ2v) is 5.48. The van der Waals surface area contributed by atoms with Gasteiger partial charge in [0.1, 0.15) is 0 Å². The van der Waals surface area contributed by atoms with Gasteiger partial charge in [0.25, 0.3) is 0 Å². The molecular weight excluding hydrogens is 313 g/mol. The summed E-state index contributed by atoms with van der Waals surface area (Å²) in [6.07, 6.45) is 1.03. The third-order valence-electron chi connectivity index (χ3n) is 3.06. The molecule has 5 nitrogen and oxygen atoms in total. The van der Waals surface area contributed by atoms with Crippen LogP contribution in [0.4, 0.5) is 11.4 Å². The third-order valence-corrected chi connectivity index (χ3v) is 3.66. The van der Waals surface area contributed by atoms with Crippen molar-refractivity contribution in [1.82, 2.24) is 4.90 Å². The van der Waals surface area contributed by atoms with E-state index in [1.165, 1.54) is 0 Å². The second-order valence-electron chi connectivity index (χ2n) is 4.67. The van der Waals surface area contributed by atoms with Crippen molar-refractivity contribution in [3.05, 3.63) is 22.2 Å². The van der Waals surface area contributed by atoms with Gasteiger partial charge in [-0.3, -0.25) is 4.79 Å². The number of anilines is 2. The van der Waals surface area contributed by atoms with Crippen molar-refractivity contribution in [2.24, 2.45) is 0 Å². The third kappa shape index (κ3) is 6.09. The Hall–Kier alpha value is -1.01. The zero-order valence-corrected chi connectivity index (χ0v) is 13.5. The summed E-state index contributed by atoms with van der Waals surface area (Å²) in [5.74, 6) is -0.161. The summed E-state index contributed by atoms with van der Waals surface area (Å²) in [7, 11) is 0. The van der Waals surface area contributed by atoms with Crippen molar-refractivity contribution >= 4 is 40.5 Å². The van der Waals surface area contributed by atoms with Crippen LogP contribution >= 0.6 is 23.2 Å². The van der Waals surface area contributed by atoms with Gasteiger partial charge in [-0.1, -0.05) is 30.1 Å². The molecule has 0 spiro atoms. The van der Waals surface area contributed by atoms with E-state index in [1.54, 1.807) is 12.1 Å². The summed E-state index contributed by atoms with van der Waals surface area (Å²) < 4.78 is 0. The Labute approximate surface area is 135 Å². The van der Waals surface area contributed by atoms with E-state index in [2.05, 4.69) is 10.2 Å². The molecule has 0 aliphatic rings. The lowest BCUT2D eigenvalue weighted by molar-refractivity contribution is -0.116. The molecule has 0 aliphatic heterocycles. The Kier molecular flexibility index (Phi) is 7.82. The molecule has 0 aliphatic carbocycles. The highest BCUT2D eigenvalue weighted by atomic mass is 35.5. The number of carbonyl (C=O) groups is 1. The first-order valence-electron chi connectivity index (χ1n) is 6.85. The Morgan fingerprint density at radius 2 is 1.95 bits per heavy atom. The molecule has 0 saturated carbocycles. The van der Waals surface area contributed by atoms with Crippen LogP contribution in [-0.4, -0.2) is 42.2 Å². The Bertz CT molecular complexity index is 460. The van der Waals surface area contributed by atoms with Gasteiger partial charge in [-0.2, -0.15) is 0 Å². The molecule has 0 heterocycles. The van der Waals surface area contributed by atoms with Crippen molar-refractivity contribution in [1.29, 1.82) is 0 Å². The number of halogens is 2. The lowest BCUT2D eigenvalue weighted by Crippen LogP contribution is -2.29. The number of rotatable bonds is 8. The predicted octanol–water partition coefficient (Wildman–Crippen LogP) is 2.61. The maximum absolute atomic E-state index is 12.0. The number of amides is 1. The summed E-state index contributed by atoms with van der Waals surface area (Å²) in [6, 6.07) is 3.09. The molecule has 118 valence electrons. The summed E-state index contributed by atoms with van der Waals surface area (Å²) in [5, 5.41) is 12.2. The van der Waals surface area contributed by atoms with E-state index in [0.717, 1.165) is 13.1 Å². The molecule has 0 bridgehead atoms. The van der Waals surface area contributed by atoms with Crippen molar-refractivity contribution < 1.29 is 9.90 Å². The lowest BCUT2D eigenvalue weighted by Gasteiger charge is -2.19. The molecule has 21 heavy (non-hydrogen) atoms. The van der Waals surface area contributed by atoms with E-state index in [4.69, 9.17) is 34.0 Å². The number of aliphatic hydroxyl groups excluding tert-OH is 1. The lowest BCUT2D eigenvalue weighted by atomic mass is 10.2. The number of nitrogens with two attached hydrogens (primary N) is 1. The van der Waals surface area contributed by atoms with Crippen LogP contribution in [0.1, 0.15) is 19.8 Å². The van der Waals surface area contributed by atoms with E-state index in [0.29, 0.717) is 40.8 Å². The fraction of sp³-hybridized carbons (Fsp3) is 0.500. The van der Waals surface area contributed by atoms with Crippen molar-refractivity contribution in [2.45, 2.75) is 19.8 Å². The Morgan fingerprint density at radius 1 is 1.33 bits per heavy atom. The number of hydrogen-bond donors (Lipinski definition) is 3. The number of benzene rings is 1. The van der Waals surface area contributed by atoms with Crippen LogP contribution in [0.25, 0.3) is 0 Å². The fourth-order valence-corrected chi connectivity index (χ4v) is 2.49. The fourth-order valence-electron chi connectivity index (χ4n) is 1.90. The van der Waals surface area contributed by atoms with Crippen LogP contribution < -0.4 is 11.1 Å². The molecule has 1 aromatic carbocycles. The average Bonchev–Trinajstić information content (AvgIpc) is 2.43. The van der Waals surface area contributed by atoms with E-state index in [1.807, 2.05) is 6.92 Å². The van der Waals surface area contributed by atoms with Crippen LogP contribution in [-0.2, 0) is 4.79 Å². The molecular formula is C14H21Cl2N3O2. The predicted molar refractivity (Wildman–Crippen MR) is 87.9 cm³/mol. The number of nitrogens with zero attached hydrogens (tertiary/aromatic N) is 1. The number of aliphatic hydroxyl groups is 1. The largest absolute Gasteiger partial charge is 0.399 e. The van der Waals surface area contributed by atoms with E-state index >= 15 is 0 Å². The Morgan fingerprint density at radius 3 is 2.48 bits per heavy atom. The molecule has 1 aromatic rings. The molecule has 0 radical (unpaired) electrons. The molecule has 0 aromatic heterocycles. The minimum atomic E-state index is -0.161. The summed E-state index contributed by atoms with van der Waals surface area (Å²) in [5.41, 5.74) is 6.45. The minimum absolute atomic E-state index is 0.152. The number of nitrogens with one attached hydrogen (secondary N) is 1. The molecule has 0 unspecified atom stereocenters. The number of carbonyl (C=O) groups excluding carboxylic acids is 1.